The fourth-order valence-electron chi connectivity index (χ4n) is 5.46. The zero-order valence-corrected chi connectivity index (χ0v) is 20.9. The molecule has 182 valence electrons. The van der Waals surface area contributed by atoms with Crippen molar-refractivity contribution in [2.45, 2.75) is 63.6 Å². The van der Waals surface area contributed by atoms with Crippen molar-refractivity contribution in [1.29, 1.82) is 0 Å². The third-order valence-corrected chi connectivity index (χ3v) is 7.80. The number of hydrogen-bond donors (Lipinski definition) is 1. The predicted octanol–water partition coefficient (Wildman–Crippen LogP) is 5.71. The lowest BCUT2D eigenvalue weighted by Crippen LogP contribution is -2.65. The Kier molecular flexibility index (Phi) is 6.70. The molecule has 2 aromatic carbocycles. The Labute approximate surface area is 212 Å². The lowest BCUT2D eigenvalue weighted by molar-refractivity contribution is -0.133. The molecule has 1 aliphatic heterocycles. The molecule has 2 aliphatic rings. The van der Waals surface area contributed by atoms with Crippen LogP contribution in [0, 0.1) is 0 Å². The highest BCUT2D eigenvalue weighted by molar-refractivity contribution is 6.30. The Balaban J connectivity index is 1.48. The first-order chi connectivity index (χ1) is 17.0. The second-order valence-corrected chi connectivity index (χ2v) is 10.4. The zero-order valence-electron chi connectivity index (χ0n) is 20.2. The topological polar surface area (TPSA) is 54.3 Å². The summed E-state index contributed by atoms with van der Waals surface area (Å²) < 4.78 is 2.02. The number of carbonyl (C=O) groups is 2. The summed E-state index contributed by atoms with van der Waals surface area (Å²) in [7, 11) is 0. The molecule has 5 nitrogen and oxygen atoms in total. The van der Waals surface area contributed by atoms with E-state index in [1.807, 2.05) is 78.2 Å². The van der Waals surface area contributed by atoms with E-state index in [1.54, 1.807) is 4.90 Å². The molecule has 6 heteroatoms. The fourth-order valence-corrected chi connectivity index (χ4v) is 5.59. The minimum Gasteiger partial charge on any atom is -0.351 e. The van der Waals surface area contributed by atoms with Gasteiger partial charge in [-0.25, -0.2) is 0 Å². The molecule has 2 amide bonds. The van der Waals surface area contributed by atoms with E-state index in [2.05, 4.69) is 5.32 Å². The summed E-state index contributed by atoms with van der Waals surface area (Å²) in [5.41, 5.74) is 2.72. The first-order valence-electron chi connectivity index (χ1n) is 12.6. The molecule has 3 aromatic rings. The Morgan fingerprint density at radius 3 is 2.37 bits per heavy atom. The van der Waals surface area contributed by atoms with Gasteiger partial charge in [0.05, 0.1) is 6.54 Å². The van der Waals surface area contributed by atoms with Crippen LogP contribution in [0.2, 0.25) is 5.02 Å². The van der Waals surface area contributed by atoms with Gasteiger partial charge in [0.2, 0.25) is 5.91 Å². The molecule has 1 N–H and O–H groups in total. The van der Waals surface area contributed by atoms with Crippen LogP contribution in [0.3, 0.4) is 0 Å². The first kappa shape index (κ1) is 23.7. The van der Waals surface area contributed by atoms with E-state index in [0.29, 0.717) is 30.2 Å². The van der Waals surface area contributed by atoms with Crippen molar-refractivity contribution >= 4 is 23.4 Å². The van der Waals surface area contributed by atoms with Crippen molar-refractivity contribution in [1.82, 2.24) is 14.8 Å². The van der Waals surface area contributed by atoms with Crippen molar-refractivity contribution < 1.29 is 9.59 Å². The van der Waals surface area contributed by atoms with Crippen LogP contribution in [-0.4, -0.2) is 39.4 Å². The average molecular weight is 490 g/mol. The van der Waals surface area contributed by atoms with Crippen LogP contribution in [0.4, 0.5) is 0 Å². The van der Waals surface area contributed by atoms with Crippen molar-refractivity contribution in [3.8, 4) is 11.3 Å². The third-order valence-electron chi connectivity index (χ3n) is 7.54. The molecule has 0 unspecified atom stereocenters. The van der Waals surface area contributed by atoms with Crippen molar-refractivity contribution in [2.24, 2.45) is 0 Å². The summed E-state index contributed by atoms with van der Waals surface area (Å²) in [5.74, 6) is -0.166. The number of carbonyl (C=O) groups excluding carboxylic acids is 2. The Hall–Kier alpha value is -3.05. The van der Waals surface area contributed by atoms with Gasteiger partial charge >= 0.3 is 0 Å². The van der Waals surface area contributed by atoms with Crippen LogP contribution < -0.4 is 5.32 Å². The predicted molar refractivity (Wildman–Crippen MR) is 139 cm³/mol. The fraction of sp³-hybridized carbons (Fsp3) is 0.379. The van der Waals surface area contributed by atoms with E-state index in [4.69, 9.17) is 11.6 Å². The van der Waals surface area contributed by atoms with Crippen molar-refractivity contribution in [2.75, 3.05) is 6.54 Å². The molecule has 0 radical (unpaired) electrons. The van der Waals surface area contributed by atoms with Gasteiger partial charge in [0.1, 0.15) is 11.2 Å². The molecule has 5 rings (SSSR count). The maximum absolute atomic E-state index is 13.9. The van der Waals surface area contributed by atoms with Gasteiger partial charge in [0.25, 0.3) is 5.91 Å². The number of fused-ring (bicyclic) bond motifs is 1. The van der Waals surface area contributed by atoms with E-state index in [1.165, 1.54) is 6.42 Å². The second-order valence-electron chi connectivity index (χ2n) is 9.97. The van der Waals surface area contributed by atoms with E-state index >= 15 is 0 Å². The number of nitrogens with one attached hydrogen (secondary N) is 1. The van der Waals surface area contributed by atoms with Crippen LogP contribution in [0.15, 0.2) is 66.7 Å². The van der Waals surface area contributed by atoms with Gasteiger partial charge in [-0.2, -0.15) is 0 Å². The zero-order chi connectivity index (χ0) is 24.4. The van der Waals surface area contributed by atoms with Gasteiger partial charge in [0, 0.05) is 23.3 Å². The molecule has 1 aromatic heterocycles. The number of amides is 2. The summed E-state index contributed by atoms with van der Waals surface area (Å²) in [4.78, 5) is 29.5. The van der Waals surface area contributed by atoms with Crippen LogP contribution in [0.1, 0.15) is 55.1 Å². The molecular weight excluding hydrogens is 458 g/mol. The van der Waals surface area contributed by atoms with Gasteiger partial charge in [0.15, 0.2) is 0 Å². The van der Waals surface area contributed by atoms with Gasteiger partial charge in [-0.05, 0) is 61.6 Å². The summed E-state index contributed by atoms with van der Waals surface area (Å²) in [6.45, 7) is 2.80. The highest BCUT2D eigenvalue weighted by Crippen LogP contribution is 2.34. The molecule has 1 aliphatic carbocycles. The maximum Gasteiger partial charge on any atom is 0.271 e. The second kappa shape index (κ2) is 9.90. The third kappa shape index (κ3) is 4.74. The highest BCUT2D eigenvalue weighted by Gasteiger charge is 2.48. The summed E-state index contributed by atoms with van der Waals surface area (Å²) in [6.07, 6.45) is 6.17. The standard InChI is InChI=1S/C29H32ClN3O2/c1-29(28(35)31-24-10-6-3-7-11-24)20-32-25(22-8-4-2-5-9-22)16-17-26(32)27(34)33(29)19-18-21-12-14-23(30)15-13-21/h2,4-5,8-9,12-17,24H,3,6-7,10-11,18-20H2,1H3,(H,31,35)/t29-/m0/s1. The SMILES string of the molecule is C[C@@]1(C(=O)NC2CCCCC2)Cn2c(ccc2-c2ccccc2)C(=O)N1CCc1ccc(Cl)cc1. The number of halogens is 1. The lowest BCUT2D eigenvalue weighted by atomic mass is 9.91. The molecule has 1 fully saturated rings. The molecule has 1 atom stereocenters. The Bertz CT molecular complexity index is 1200. The normalized spacial score (nSPS) is 20.5. The summed E-state index contributed by atoms with van der Waals surface area (Å²) in [5, 5.41) is 3.99. The highest BCUT2D eigenvalue weighted by atomic mass is 35.5. The van der Waals surface area contributed by atoms with Gasteiger partial charge in [-0.1, -0.05) is 73.3 Å². The number of benzene rings is 2. The van der Waals surface area contributed by atoms with E-state index < -0.39 is 5.54 Å². The quantitative estimate of drug-likeness (QED) is 0.481. The summed E-state index contributed by atoms with van der Waals surface area (Å²) in [6, 6.07) is 21.8. The molecule has 0 bridgehead atoms. The van der Waals surface area contributed by atoms with Crippen molar-refractivity contribution in [3.05, 3.63) is 83.0 Å². The number of aromatic nitrogens is 1. The number of hydrogen-bond acceptors (Lipinski definition) is 2. The molecule has 0 spiro atoms. The number of nitrogens with zero attached hydrogens (tertiary/aromatic N) is 2. The molecule has 2 heterocycles. The molecule has 35 heavy (non-hydrogen) atoms. The van der Waals surface area contributed by atoms with E-state index in [9.17, 15) is 9.59 Å². The lowest BCUT2D eigenvalue weighted by Gasteiger charge is -2.45. The maximum atomic E-state index is 13.9. The van der Waals surface area contributed by atoms with Crippen LogP contribution in [-0.2, 0) is 17.8 Å². The summed E-state index contributed by atoms with van der Waals surface area (Å²) >= 11 is 6.05. The van der Waals surface area contributed by atoms with Gasteiger partial charge < -0.3 is 14.8 Å². The smallest absolute Gasteiger partial charge is 0.271 e. The van der Waals surface area contributed by atoms with Crippen LogP contribution >= 0.6 is 11.6 Å². The first-order valence-corrected chi connectivity index (χ1v) is 13.0. The van der Waals surface area contributed by atoms with Gasteiger partial charge in [-0.3, -0.25) is 9.59 Å². The minimum absolute atomic E-state index is 0.0628. The van der Waals surface area contributed by atoms with Crippen LogP contribution in [0.5, 0.6) is 0 Å². The Morgan fingerprint density at radius 2 is 1.66 bits per heavy atom. The molecule has 0 saturated heterocycles. The van der Waals surface area contributed by atoms with Crippen molar-refractivity contribution in [3.63, 3.8) is 0 Å². The number of rotatable bonds is 6. The van der Waals surface area contributed by atoms with E-state index in [-0.39, 0.29) is 17.9 Å². The molecular formula is C29H32ClN3O2. The monoisotopic (exact) mass is 489 g/mol. The largest absolute Gasteiger partial charge is 0.351 e. The van der Waals surface area contributed by atoms with Crippen LogP contribution in [0.25, 0.3) is 11.3 Å². The minimum atomic E-state index is -0.990. The van der Waals surface area contributed by atoms with E-state index in [0.717, 1.165) is 42.5 Å². The van der Waals surface area contributed by atoms with Gasteiger partial charge in [-0.15, -0.1) is 0 Å². The Morgan fingerprint density at radius 1 is 0.971 bits per heavy atom. The average Bonchev–Trinajstić information content (AvgIpc) is 3.30. The molecule has 1 saturated carbocycles.